The van der Waals surface area contributed by atoms with Gasteiger partial charge in [-0.1, -0.05) is 25.5 Å². The second-order valence-corrected chi connectivity index (χ2v) is 10.1. The molecule has 2 saturated carbocycles. The number of carbonyl (C=O) groups excluding carboxylic acids is 3. The van der Waals surface area contributed by atoms with Gasteiger partial charge in [0.1, 0.15) is 0 Å². The molecule has 28 heavy (non-hydrogen) atoms. The molecule has 0 amide bonds. The van der Waals surface area contributed by atoms with E-state index in [0.717, 1.165) is 25.7 Å². The maximum Gasteiger partial charge on any atom is 0.303 e. The second kappa shape index (κ2) is 6.14. The van der Waals surface area contributed by atoms with Crippen LogP contribution in [0.15, 0.2) is 23.3 Å². The summed E-state index contributed by atoms with van der Waals surface area (Å²) in [6, 6.07) is 0. The van der Waals surface area contributed by atoms with Gasteiger partial charge in [0, 0.05) is 18.8 Å². The van der Waals surface area contributed by atoms with Gasteiger partial charge in [-0.2, -0.15) is 0 Å². The Bertz CT molecular complexity index is 820. The molecule has 0 spiro atoms. The van der Waals surface area contributed by atoms with E-state index in [-0.39, 0.29) is 28.4 Å². The Kier molecular flexibility index (Phi) is 4.30. The highest BCUT2D eigenvalue weighted by molar-refractivity contribution is 5.92. The summed E-state index contributed by atoms with van der Waals surface area (Å²) in [5, 5.41) is 0. The van der Waals surface area contributed by atoms with Crippen molar-refractivity contribution in [3.63, 3.8) is 0 Å². The second-order valence-electron chi connectivity index (χ2n) is 10.1. The monoisotopic (exact) mass is 384 g/mol. The van der Waals surface area contributed by atoms with Gasteiger partial charge >= 0.3 is 5.97 Å². The molecule has 0 unspecified atom stereocenters. The average molecular weight is 385 g/mol. The molecule has 0 aromatic rings. The maximum atomic E-state index is 12.8. The summed E-state index contributed by atoms with van der Waals surface area (Å²) in [7, 11) is 0. The Labute approximate surface area is 167 Å². The van der Waals surface area contributed by atoms with Crippen LogP contribution in [0.2, 0.25) is 0 Å². The first-order valence-electron chi connectivity index (χ1n) is 10.7. The topological polar surface area (TPSA) is 60.4 Å². The van der Waals surface area contributed by atoms with E-state index in [1.54, 1.807) is 6.92 Å². The van der Waals surface area contributed by atoms with Crippen LogP contribution >= 0.6 is 0 Å². The predicted octanol–water partition coefficient (Wildman–Crippen LogP) is 4.58. The van der Waals surface area contributed by atoms with Gasteiger partial charge in [0.15, 0.2) is 17.2 Å². The molecule has 0 aliphatic heterocycles. The Morgan fingerprint density at radius 1 is 1.07 bits per heavy atom. The quantitative estimate of drug-likeness (QED) is 0.654. The predicted molar refractivity (Wildman–Crippen MR) is 106 cm³/mol. The van der Waals surface area contributed by atoms with Crippen LogP contribution in [0.25, 0.3) is 0 Å². The van der Waals surface area contributed by atoms with Crippen molar-refractivity contribution in [1.29, 1.82) is 0 Å². The van der Waals surface area contributed by atoms with Crippen LogP contribution in [0.1, 0.15) is 73.1 Å². The highest BCUT2D eigenvalue weighted by Crippen LogP contribution is 2.67. The van der Waals surface area contributed by atoms with Crippen molar-refractivity contribution in [2.24, 2.45) is 28.6 Å². The van der Waals surface area contributed by atoms with E-state index in [9.17, 15) is 14.4 Å². The SMILES string of the molecule is CC(=O)O[C@]1(C(C)=O)CC[C@@H]2[C@@H]3C=C(C)C4=CC(=O)CC[C@]4(C)[C@H]3CC[C@@]21C. The number of hydrogen-bond donors (Lipinski definition) is 0. The molecule has 0 heterocycles. The van der Waals surface area contributed by atoms with E-state index in [0.29, 0.717) is 30.6 Å². The fourth-order valence-corrected chi connectivity index (χ4v) is 7.48. The highest BCUT2D eigenvalue weighted by Gasteiger charge is 2.67. The van der Waals surface area contributed by atoms with Gasteiger partial charge in [0.05, 0.1) is 0 Å². The van der Waals surface area contributed by atoms with Crippen LogP contribution in [-0.2, 0) is 19.1 Å². The first-order valence-corrected chi connectivity index (χ1v) is 10.7. The molecule has 4 rings (SSSR count). The number of esters is 1. The number of ketones is 2. The number of fused-ring (bicyclic) bond motifs is 5. The molecule has 0 saturated heterocycles. The molecule has 4 aliphatic carbocycles. The molecule has 0 bridgehead atoms. The third-order valence-electron chi connectivity index (χ3n) is 8.84. The average Bonchev–Trinajstić information content (AvgIpc) is 2.90. The molecule has 0 aromatic heterocycles. The van der Waals surface area contributed by atoms with E-state index in [1.807, 2.05) is 6.08 Å². The maximum absolute atomic E-state index is 12.8. The number of carbonyl (C=O) groups is 3. The van der Waals surface area contributed by atoms with E-state index < -0.39 is 5.60 Å². The normalized spacial score (nSPS) is 44.6. The lowest BCUT2D eigenvalue weighted by Crippen LogP contribution is -2.58. The Balaban J connectivity index is 1.79. The van der Waals surface area contributed by atoms with Gasteiger partial charge in [0.2, 0.25) is 0 Å². The fourth-order valence-electron chi connectivity index (χ4n) is 7.48. The van der Waals surface area contributed by atoms with Crippen molar-refractivity contribution in [2.75, 3.05) is 0 Å². The Morgan fingerprint density at radius 2 is 1.75 bits per heavy atom. The minimum Gasteiger partial charge on any atom is -0.451 e. The molecule has 0 N–H and O–H groups in total. The molecule has 2 fully saturated rings. The third-order valence-corrected chi connectivity index (χ3v) is 8.84. The fraction of sp³-hybridized carbons (Fsp3) is 0.708. The summed E-state index contributed by atoms with van der Waals surface area (Å²) in [5.74, 6) is 1.03. The molecular weight excluding hydrogens is 352 g/mol. The lowest BCUT2D eigenvalue weighted by atomic mass is 9.47. The van der Waals surface area contributed by atoms with Crippen LogP contribution in [0.3, 0.4) is 0 Å². The summed E-state index contributed by atoms with van der Waals surface area (Å²) < 4.78 is 5.82. The van der Waals surface area contributed by atoms with Crippen molar-refractivity contribution in [1.82, 2.24) is 0 Å². The van der Waals surface area contributed by atoms with E-state index in [1.165, 1.54) is 18.1 Å². The summed E-state index contributed by atoms with van der Waals surface area (Å²) in [6.45, 7) is 9.63. The molecule has 4 heteroatoms. The standard InChI is InChI=1S/C24H32O4/c1-14-12-18-19(22(4)9-6-17(27)13-21(14)22)7-10-23(5)20(18)8-11-24(23,15(2)25)28-16(3)26/h12-13,18-20H,6-11H2,1-5H3/t18-,19+,20-,22-,23+,24+/m1/s1. The number of allylic oxidation sites excluding steroid dienone is 4. The molecule has 152 valence electrons. The van der Waals surface area contributed by atoms with Crippen LogP contribution in [-0.4, -0.2) is 23.1 Å². The van der Waals surface area contributed by atoms with E-state index in [2.05, 4.69) is 26.8 Å². The van der Waals surface area contributed by atoms with Crippen LogP contribution in [0.5, 0.6) is 0 Å². The summed E-state index contributed by atoms with van der Waals surface area (Å²) >= 11 is 0. The van der Waals surface area contributed by atoms with Gasteiger partial charge in [-0.25, -0.2) is 0 Å². The summed E-state index contributed by atoms with van der Waals surface area (Å²) in [4.78, 5) is 36.8. The zero-order valence-electron chi connectivity index (χ0n) is 17.8. The van der Waals surface area contributed by atoms with Crippen LogP contribution in [0, 0.1) is 28.6 Å². The minimum atomic E-state index is -0.990. The molecule has 6 atom stereocenters. The third kappa shape index (κ3) is 2.39. The first-order chi connectivity index (χ1) is 13.0. The molecule has 0 aromatic carbocycles. The Hall–Kier alpha value is -1.71. The molecule has 4 nitrogen and oxygen atoms in total. The minimum absolute atomic E-state index is 0.0160. The smallest absolute Gasteiger partial charge is 0.303 e. The number of hydrogen-bond acceptors (Lipinski definition) is 4. The Morgan fingerprint density at radius 3 is 2.39 bits per heavy atom. The van der Waals surface area contributed by atoms with Gasteiger partial charge < -0.3 is 4.74 Å². The van der Waals surface area contributed by atoms with Crippen LogP contribution in [0.4, 0.5) is 0 Å². The highest BCUT2D eigenvalue weighted by atomic mass is 16.6. The van der Waals surface area contributed by atoms with Crippen LogP contribution < -0.4 is 0 Å². The molecular formula is C24H32O4. The largest absolute Gasteiger partial charge is 0.451 e. The molecule has 0 radical (unpaired) electrons. The molecule has 4 aliphatic rings. The number of Topliss-reactive ketones (excluding diaryl/α,β-unsaturated/α-hetero) is 1. The summed E-state index contributed by atoms with van der Waals surface area (Å²) in [5.41, 5.74) is 1.15. The lowest BCUT2D eigenvalue weighted by molar-refractivity contribution is -0.185. The van der Waals surface area contributed by atoms with Gasteiger partial charge in [-0.05, 0) is 80.8 Å². The lowest BCUT2D eigenvalue weighted by Gasteiger charge is -2.58. The number of rotatable bonds is 2. The van der Waals surface area contributed by atoms with Gasteiger partial charge in [0.25, 0.3) is 0 Å². The van der Waals surface area contributed by atoms with Gasteiger partial charge in [-0.3, -0.25) is 14.4 Å². The van der Waals surface area contributed by atoms with E-state index >= 15 is 0 Å². The van der Waals surface area contributed by atoms with E-state index in [4.69, 9.17) is 4.74 Å². The van der Waals surface area contributed by atoms with Crippen molar-refractivity contribution in [3.05, 3.63) is 23.3 Å². The number of ether oxygens (including phenoxy) is 1. The van der Waals surface area contributed by atoms with Gasteiger partial charge in [-0.15, -0.1) is 0 Å². The van der Waals surface area contributed by atoms with Crippen molar-refractivity contribution in [3.8, 4) is 0 Å². The summed E-state index contributed by atoms with van der Waals surface area (Å²) in [6.07, 6.45) is 9.20. The van der Waals surface area contributed by atoms with Crippen molar-refractivity contribution < 1.29 is 19.1 Å². The van der Waals surface area contributed by atoms with Crippen molar-refractivity contribution in [2.45, 2.75) is 78.7 Å². The first kappa shape index (κ1) is 19.6. The van der Waals surface area contributed by atoms with Crippen molar-refractivity contribution >= 4 is 17.5 Å². The zero-order valence-corrected chi connectivity index (χ0v) is 17.8. The zero-order chi connectivity index (χ0) is 20.5.